The lowest BCUT2D eigenvalue weighted by Gasteiger charge is -2.08. The van der Waals surface area contributed by atoms with Gasteiger partial charge in [-0.25, -0.2) is 0 Å². The van der Waals surface area contributed by atoms with Crippen molar-refractivity contribution >= 4 is 90.2 Å². The van der Waals surface area contributed by atoms with Crippen LogP contribution >= 0.6 is 7.92 Å². The van der Waals surface area contributed by atoms with Crippen LogP contribution in [0.4, 0.5) is 0 Å². The molecular formula is C39H33O7P. The Kier molecular flexibility index (Phi) is 8.23. The van der Waals surface area contributed by atoms with Gasteiger partial charge in [-0.05, 0) is 92.7 Å². The minimum atomic E-state index is -1.28. The Hall–Kier alpha value is -5.39. The van der Waals surface area contributed by atoms with Gasteiger partial charge < -0.3 is 31.2 Å². The molecule has 0 unspecified atom stereocenters. The van der Waals surface area contributed by atoms with Gasteiger partial charge in [0.25, 0.3) is 0 Å². The van der Waals surface area contributed by atoms with Crippen molar-refractivity contribution in [1.29, 1.82) is 0 Å². The molecule has 0 atom stereocenters. The molecule has 0 radical (unpaired) electrons. The van der Waals surface area contributed by atoms with E-state index in [0.717, 1.165) is 88.1 Å². The number of allylic oxidation sites excluding steroid dienone is 2. The second kappa shape index (κ2) is 12.8. The van der Waals surface area contributed by atoms with E-state index in [-0.39, 0.29) is 0 Å². The molecule has 236 valence electrons. The zero-order chi connectivity index (χ0) is 32.5. The third kappa shape index (κ3) is 5.75. The third-order valence-electron chi connectivity index (χ3n) is 7.58. The molecule has 0 aliphatic heterocycles. The zero-order valence-electron chi connectivity index (χ0n) is 26.5. The molecule has 0 spiro atoms. The number of furan rings is 6. The summed E-state index contributed by atoms with van der Waals surface area (Å²) in [6, 6.07) is 24.0. The minimum absolute atomic E-state index is 0.698. The van der Waals surface area contributed by atoms with Gasteiger partial charge in [0, 0.05) is 32.3 Å². The average Bonchev–Trinajstić information content (AvgIpc) is 3.91. The standard InChI is InChI=1S/C30H15O6P.C7H12O.C2H6/c1-4-31-22-10-19-13-28(34-25(19)7-16(1)22)37(29-14-20-11-23-17(2-5-32-23)8-26(20)35-29)30-15-21-12-24-18(3-6-33-24)9-27(21)36-30;1-4-6-7(3)8-5-2;1-2/h1-15H;4,6H,3,5H2,1-2H3;1-2H3/b;6-4-;. The fourth-order valence-electron chi connectivity index (χ4n) is 5.52. The SMILES string of the molecule is C=C(/C=C\C)OCC.CC.c1cc2cc3oc(P(c4cc5cc6occc6cc5o4)c4cc5cc6occc6cc5o4)cc3cc2o1. The van der Waals surface area contributed by atoms with Crippen LogP contribution in [-0.2, 0) is 4.74 Å². The molecule has 6 heterocycles. The predicted octanol–water partition coefficient (Wildman–Crippen LogP) is 11.1. The summed E-state index contributed by atoms with van der Waals surface area (Å²) in [4.78, 5) is 0. The highest BCUT2D eigenvalue weighted by Crippen LogP contribution is 2.40. The van der Waals surface area contributed by atoms with Crippen molar-refractivity contribution in [3.63, 3.8) is 0 Å². The normalized spacial score (nSPS) is 11.7. The van der Waals surface area contributed by atoms with Crippen molar-refractivity contribution < 1.29 is 31.2 Å². The van der Waals surface area contributed by atoms with E-state index < -0.39 is 7.92 Å². The largest absolute Gasteiger partial charge is 0.495 e. The fourth-order valence-corrected chi connectivity index (χ4v) is 7.54. The summed E-state index contributed by atoms with van der Waals surface area (Å²) in [5.41, 5.74) is 7.18. The minimum Gasteiger partial charge on any atom is -0.495 e. The lowest BCUT2D eigenvalue weighted by molar-refractivity contribution is 0.244. The van der Waals surface area contributed by atoms with Crippen LogP contribution in [0, 0.1) is 0 Å². The number of fused-ring (bicyclic) bond motifs is 6. The Labute approximate surface area is 271 Å². The molecule has 47 heavy (non-hydrogen) atoms. The van der Waals surface area contributed by atoms with Crippen LogP contribution in [0.1, 0.15) is 27.7 Å². The molecule has 3 aromatic carbocycles. The van der Waals surface area contributed by atoms with Crippen molar-refractivity contribution in [2.75, 3.05) is 6.61 Å². The summed E-state index contributed by atoms with van der Waals surface area (Å²) in [7, 11) is -1.28. The van der Waals surface area contributed by atoms with E-state index in [1.54, 1.807) is 18.8 Å². The first-order valence-electron chi connectivity index (χ1n) is 15.5. The van der Waals surface area contributed by atoms with Crippen molar-refractivity contribution in [3.05, 3.63) is 116 Å². The predicted molar refractivity (Wildman–Crippen MR) is 191 cm³/mol. The Morgan fingerprint density at radius 1 is 0.596 bits per heavy atom. The van der Waals surface area contributed by atoms with Crippen LogP contribution in [-0.4, -0.2) is 6.61 Å². The highest BCUT2D eigenvalue weighted by atomic mass is 31.1. The van der Waals surface area contributed by atoms with Gasteiger partial charge in [-0.1, -0.05) is 26.5 Å². The lowest BCUT2D eigenvalue weighted by atomic mass is 10.2. The summed E-state index contributed by atoms with van der Waals surface area (Å²) >= 11 is 0. The van der Waals surface area contributed by atoms with Crippen LogP contribution in [0.25, 0.3) is 65.8 Å². The Bertz CT molecular complexity index is 2110. The molecule has 0 bridgehead atoms. The Balaban J connectivity index is 0.000000311. The molecule has 7 nitrogen and oxygen atoms in total. The molecule has 0 amide bonds. The molecule has 9 rings (SSSR count). The topological polar surface area (TPSA) is 88.1 Å². The van der Waals surface area contributed by atoms with Gasteiger partial charge in [-0.2, -0.15) is 0 Å². The van der Waals surface area contributed by atoms with Crippen molar-refractivity contribution in [3.8, 4) is 0 Å². The van der Waals surface area contributed by atoms with Gasteiger partial charge in [-0.3, -0.25) is 0 Å². The summed E-state index contributed by atoms with van der Waals surface area (Å²) in [6.45, 7) is 12.2. The monoisotopic (exact) mass is 644 g/mol. The molecule has 0 aliphatic rings. The van der Waals surface area contributed by atoms with E-state index in [1.165, 1.54) is 0 Å². The molecular weight excluding hydrogens is 611 g/mol. The molecule has 0 fully saturated rings. The van der Waals surface area contributed by atoms with E-state index in [2.05, 4.69) is 24.8 Å². The lowest BCUT2D eigenvalue weighted by Crippen LogP contribution is -2.17. The van der Waals surface area contributed by atoms with Gasteiger partial charge in [0.1, 0.15) is 63.7 Å². The smallest absolute Gasteiger partial charge is 0.142 e. The highest BCUT2D eigenvalue weighted by Gasteiger charge is 2.29. The maximum atomic E-state index is 6.46. The summed E-state index contributed by atoms with van der Waals surface area (Å²) in [5, 5.41) is 5.88. The summed E-state index contributed by atoms with van der Waals surface area (Å²) < 4.78 is 41.2. The maximum Gasteiger partial charge on any atom is 0.142 e. The number of hydrogen-bond acceptors (Lipinski definition) is 7. The Morgan fingerprint density at radius 3 is 1.30 bits per heavy atom. The first-order chi connectivity index (χ1) is 23.1. The van der Waals surface area contributed by atoms with Gasteiger partial charge in [-0.15, -0.1) is 0 Å². The van der Waals surface area contributed by atoms with E-state index in [4.69, 9.17) is 31.2 Å². The van der Waals surface area contributed by atoms with Gasteiger partial charge in [0.2, 0.25) is 0 Å². The molecule has 0 saturated heterocycles. The first kappa shape index (κ1) is 30.3. The second-order valence-corrected chi connectivity index (χ2v) is 12.5. The van der Waals surface area contributed by atoms with Crippen LogP contribution in [0.5, 0.6) is 0 Å². The van der Waals surface area contributed by atoms with Crippen LogP contribution in [0.2, 0.25) is 0 Å². The molecule has 9 aromatic rings. The van der Waals surface area contributed by atoms with Crippen LogP contribution < -0.4 is 16.5 Å². The molecule has 6 aromatic heterocycles. The second-order valence-electron chi connectivity index (χ2n) is 10.5. The third-order valence-corrected chi connectivity index (χ3v) is 9.56. The molecule has 0 aliphatic carbocycles. The van der Waals surface area contributed by atoms with Crippen molar-refractivity contribution in [1.82, 2.24) is 0 Å². The van der Waals surface area contributed by atoms with Crippen LogP contribution in [0.15, 0.2) is 143 Å². The van der Waals surface area contributed by atoms with Crippen molar-refractivity contribution in [2.45, 2.75) is 27.7 Å². The molecule has 0 saturated carbocycles. The van der Waals surface area contributed by atoms with Gasteiger partial charge in [0.05, 0.1) is 25.4 Å². The zero-order valence-corrected chi connectivity index (χ0v) is 27.4. The molecule has 8 heteroatoms. The van der Waals surface area contributed by atoms with Gasteiger partial charge in [0.15, 0.2) is 0 Å². The average molecular weight is 645 g/mol. The first-order valence-corrected chi connectivity index (χ1v) is 16.9. The summed E-state index contributed by atoms with van der Waals surface area (Å²) in [6.07, 6.45) is 8.80. The van der Waals surface area contributed by atoms with E-state index in [9.17, 15) is 0 Å². The summed E-state index contributed by atoms with van der Waals surface area (Å²) in [5.74, 6) is 0.731. The highest BCUT2D eigenvalue weighted by molar-refractivity contribution is 7.78. The van der Waals surface area contributed by atoms with E-state index in [0.29, 0.717) is 6.61 Å². The number of rotatable bonds is 6. The number of benzene rings is 3. The Morgan fingerprint density at radius 2 is 0.957 bits per heavy atom. The van der Waals surface area contributed by atoms with E-state index in [1.807, 2.05) is 94.4 Å². The van der Waals surface area contributed by atoms with Gasteiger partial charge >= 0.3 is 0 Å². The van der Waals surface area contributed by atoms with Crippen LogP contribution in [0.3, 0.4) is 0 Å². The fraction of sp³-hybridized carbons (Fsp3) is 0.128. The molecule has 0 N–H and O–H groups in total. The number of hydrogen-bond donors (Lipinski definition) is 0. The quantitative estimate of drug-likeness (QED) is 0.101. The van der Waals surface area contributed by atoms with E-state index >= 15 is 0 Å². The van der Waals surface area contributed by atoms with Crippen molar-refractivity contribution in [2.24, 2.45) is 0 Å². The maximum absolute atomic E-state index is 6.46. The number of ether oxygens (including phenoxy) is 1.